The third kappa shape index (κ3) is 3.78. The zero-order valence-corrected chi connectivity index (χ0v) is 15.0. The van der Waals surface area contributed by atoms with Crippen LogP contribution in [0.5, 0.6) is 0 Å². The van der Waals surface area contributed by atoms with Gasteiger partial charge in [-0.05, 0) is 51.5 Å². The molecule has 1 heterocycles. The number of likely N-dealkylation sites (N-methyl/N-ethyl adjacent to an activating group) is 1. The van der Waals surface area contributed by atoms with Crippen molar-refractivity contribution in [3.8, 4) is 0 Å². The number of amides is 1. The molecule has 0 spiro atoms. The fraction of sp³-hybridized carbons (Fsp3) is 0.824. The maximum absolute atomic E-state index is 12.5. The van der Waals surface area contributed by atoms with E-state index in [0.717, 1.165) is 24.5 Å². The van der Waals surface area contributed by atoms with E-state index >= 15 is 0 Å². The first-order valence-corrected chi connectivity index (χ1v) is 9.02. The minimum absolute atomic E-state index is 0.105. The normalized spacial score (nSPS) is 29.7. The maximum atomic E-state index is 12.5. The second kappa shape index (κ2) is 7.19. The van der Waals surface area contributed by atoms with Gasteiger partial charge in [-0.15, -0.1) is 10.2 Å². The van der Waals surface area contributed by atoms with Crippen LogP contribution >= 0.6 is 0 Å². The van der Waals surface area contributed by atoms with Crippen LogP contribution in [0.1, 0.15) is 43.8 Å². The fourth-order valence-corrected chi connectivity index (χ4v) is 4.39. The van der Waals surface area contributed by atoms with E-state index in [-0.39, 0.29) is 5.91 Å². The van der Waals surface area contributed by atoms with Gasteiger partial charge in [0.15, 0.2) is 0 Å². The number of aryl methyl sites for hydroxylation is 1. The summed E-state index contributed by atoms with van der Waals surface area (Å²) in [6, 6.07) is 0.631. The lowest BCUT2D eigenvalue weighted by molar-refractivity contribution is -0.124. The maximum Gasteiger partial charge on any atom is 0.234 e. The zero-order chi connectivity index (χ0) is 17.3. The van der Waals surface area contributed by atoms with Crippen LogP contribution in [0.2, 0.25) is 0 Å². The number of nitrogens with one attached hydrogen (secondary N) is 1. The Morgan fingerprint density at radius 3 is 2.58 bits per heavy atom. The van der Waals surface area contributed by atoms with Gasteiger partial charge in [-0.3, -0.25) is 9.69 Å². The molecule has 0 saturated heterocycles. The summed E-state index contributed by atoms with van der Waals surface area (Å²) in [5, 5.41) is 11.5. The highest BCUT2D eigenvalue weighted by Crippen LogP contribution is 2.39. The second-order valence-corrected chi connectivity index (χ2v) is 7.67. The Morgan fingerprint density at radius 1 is 1.33 bits per heavy atom. The largest absolute Gasteiger partial charge is 0.352 e. The number of nitrogens with two attached hydrogens (primary N) is 1. The minimum atomic E-state index is 0.105. The summed E-state index contributed by atoms with van der Waals surface area (Å²) < 4.78 is 1.96. The van der Waals surface area contributed by atoms with Gasteiger partial charge >= 0.3 is 0 Å². The summed E-state index contributed by atoms with van der Waals surface area (Å²) in [5.41, 5.74) is 6.16. The van der Waals surface area contributed by atoms with Gasteiger partial charge in [0.25, 0.3) is 0 Å². The smallest absolute Gasteiger partial charge is 0.234 e. The Balaban J connectivity index is 1.52. The van der Waals surface area contributed by atoms with E-state index in [1.54, 1.807) is 0 Å². The number of carbonyl (C=O) groups excluding carboxylic acids is 1. The van der Waals surface area contributed by atoms with E-state index in [4.69, 9.17) is 5.73 Å². The molecule has 2 fully saturated rings. The topological polar surface area (TPSA) is 89.1 Å². The van der Waals surface area contributed by atoms with Crippen LogP contribution in [-0.2, 0) is 18.4 Å². The molecule has 1 aromatic heterocycles. The zero-order valence-electron chi connectivity index (χ0n) is 15.0. The quantitative estimate of drug-likeness (QED) is 0.822. The highest BCUT2D eigenvalue weighted by Gasteiger charge is 2.39. The Hall–Kier alpha value is -1.47. The van der Waals surface area contributed by atoms with Gasteiger partial charge < -0.3 is 15.6 Å². The van der Waals surface area contributed by atoms with E-state index < -0.39 is 0 Å². The van der Waals surface area contributed by atoms with Crippen molar-refractivity contribution >= 4 is 5.91 Å². The van der Waals surface area contributed by atoms with Crippen molar-refractivity contribution < 1.29 is 4.79 Å². The Bertz CT molecular complexity index is 572. The summed E-state index contributed by atoms with van der Waals surface area (Å²) in [5.74, 6) is 2.98. The molecule has 0 radical (unpaired) electrons. The third-order valence-electron chi connectivity index (χ3n) is 5.71. The van der Waals surface area contributed by atoms with Crippen LogP contribution in [0.4, 0.5) is 0 Å². The van der Waals surface area contributed by atoms with Crippen molar-refractivity contribution in [2.45, 2.75) is 57.7 Å². The SMILES string of the molecule is Cc1nnc(CN(C)CC(=O)NC2C3CCCC2CC(N)C3)n1C. The average Bonchev–Trinajstić information content (AvgIpc) is 2.80. The van der Waals surface area contributed by atoms with E-state index in [2.05, 4.69) is 15.5 Å². The van der Waals surface area contributed by atoms with E-state index in [9.17, 15) is 4.79 Å². The van der Waals surface area contributed by atoms with Gasteiger partial charge in [0.05, 0.1) is 13.1 Å². The molecule has 1 aromatic rings. The Labute approximate surface area is 144 Å². The van der Waals surface area contributed by atoms with E-state index in [1.165, 1.54) is 19.3 Å². The highest BCUT2D eigenvalue weighted by molar-refractivity contribution is 5.78. The highest BCUT2D eigenvalue weighted by atomic mass is 16.2. The Morgan fingerprint density at radius 2 is 2.00 bits per heavy atom. The van der Waals surface area contributed by atoms with Crippen LogP contribution in [0.25, 0.3) is 0 Å². The van der Waals surface area contributed by atoms with Crippen LogP contribution in [0.15, 0.2) is 0 Å². The molecule has 2 atom stereocenters. The predicted octanol–water partition coefficient (Wildman–Crippen LogP) is 0.578. The van der Waals surface area contributed by atoms with Crippen molar-refractivity contribution in [2.24, 2.45) is 24.6 Å². The third-order valence-corrected chi connectivity index (χ3v) is 5.71. The molecule has 24 heavy (non-hydrogen) atoms. The molecular weight excluding hydrogens is 304 g/mol. The number of aromatic nitrogens is 3. The van der Waals surface area contributed by atoms with Crippen molar-refractivity contribution in [1.29, 1.82) is 0 Å². The van der Waals surface area contributed by atoms with Gasteiger partial charge in [-0.2, -0.15) is 0 Å². The lowest BCUT2D eigenvalue weighted by Gasteiger charge is -2.45. The average molecular weight is 334 g/mol. The molecule has 2 aliphatic rings. The van der Waals surface area contributed by atoms with Gasteiger partial charge in [0.2, 0.25) is 5.91 Å². The lowest BCUT2D eigenvalue weighted by Crippen LogP contribution is -2.55. The molecule has 3 N–H and O–H groups in total. The molecule has 2 aliphatic carbocycles. The Kier molecular flexibility index (Phi) is 5.20. The van der Waals surface area contributed by atoms with Crippen molar-refractivity contribution in [3.05, 3.63) is 11.6 Å². The molecular formula is C17H30N6O. The van der Waals surface area contributed by atoms with Gasteiger partial charge in [0.1, 0.15) is 11.6 Å². The second-order valence-electron chi connectivity index (χ2n) is 7.67. The number of hydrogen-bond donors (Lipinski definition) is 2. The van der Waals surface area contributed by atoms with Gasteiger partial charge in [-0.1, -0.05) is 6.42 Å². The number of fused-ring (bicyclic) bond motifs is 2. The summed E-state index contributed by atoms with van der Waals surface area (Å²) in [4.78, 5) is 14.5. The monoisotopic (exact) mass is 334 g/mol. The van der Waals surface area contributed by atoms with Gasteiger partial charge in [-0.25, -0.2) is 0 Å². The van der Waals surface area contributed by atoms with Crippen LogP contribution < -0.4 is 11.1 Å². The standard InChI is InChI=1S/C17H30N6O/c1-11-20-21-15(23(11)3)9-22(2)10-16(24)19-17-12-5-4-6-13(17)8-14(18)7-12/h12-14,17H,4-10,18H2,1-3H3,(H,19,24). The first-order valence-electron chi connectivity index (χ1n) is 9.02. The number of rotatable bonds is 5. The van der Waals surface area contributed by atoms with Crippen molar-refractivity contribution in [1.82, 2.24) is 25.0 Å². The first-order chi connectivity index (χ1) is 11.4. The molecule has 2 saturated carbocycles. The molecule has 0 aliphatic heterocycles. The van der Waals surface area contributed by atoms with Crippen molar-refractivity contribution in [3.63, 3.8) is 0 Å². The molecule has 3 rings (SSSR count). The van der Waals surface area contributed by atoms with Crippen LogP contribution in [0, 0.1) is 18.8 Å². The molecule has 7 nitrogen and oxygen atoms in total. The first kappa shape index (κ1) is 17.4. The van der Waals surface area contributed by atoms with Crippen LogP contribution in [0.3, 0.4) is 0 Å². The molecule has 2 bridgehead atoms. The summed E-state index contributed by atoms with van der Waals surface area (Å²) in [6.45, 7) is 2.93. The summed E-state index contributed by atoms with van der Waals surface area (Å²) >= 11 is 0. The molecule has 1 amide bonds. The number of carbonyl (C=O) groups is 1. The van der Waals surface area contributed by atoms with Crippen LogP contribution in [-0.4, -0.2) is 51.2 Å². The predicted molar refractivity (Wildman–Crippen MR) is 92.0 cm³/mol. The molecule has 2 unspecified atom stereocenters. The van der Waals surface area contributed by atoms with E-state index in [0.29, 0.717) is 37.0 Å². The summed E-state index contributed by atoms with van der Waals surface area (Å²) in [7, 11) is 3.90. The summed E-state index contributed by atoms with van der Waals surface area (Å²) in [6.07, 6.45) is 5.78. The number of nitrogens with zero attached hydrogens (tertiary/aromatic N) is 4. The molecule has 0 aromatic carbocycles. The van der Waals surface area contributed by atoms with E-state index in [1.807, 2.05) is 30.5 Å². The molecule has 134 valence electrons. The number of hydrogen-bond acceptors (Lipinski definition) is 5. The lowest BCUT2D eigenvalue weighted by atomic mass is 9.67. The minimum Gasteiger partial charge on any atom is -0.352 e. The van der Waals surface area contributed by atoms with Crippen molar-refractivity contribution in [2.75, 3.05) is 13.6 Å². The fourth-order valence-electron chi connectivity index (χ4n) is 4.39. The van der Waals surface area contributed by atoms with Gasteiger partial charge in [0, 0.05) is 19.1 Å². The molecule has 7 heteroatoms.